The largest absolute Gasteiger partial charge is 0.465 e. The molecule has 0 aliphatic heterocycles. The molecular formula is C19H22N4O3S. The van der Waals surface area contributed by atoms with Crippen LogP contribution in [0.2, 0.25) is 0 Å². The van der Waals surface area contributed by atoms with Crippen LogP contribution in [0.25, 0.3) is 16.6 Å². The van der Waals surface area contributed by atoms with E-state index in [0.717, 1.165) is 27.7 Å². The minimum Gasteiger partial charge on any atom is -0.465 e. The van der Waals surface area contributed by atoms with E-state index in [2.05, 4.69) is 47.6 Å². The second-order valence-corrected chi connectivity index (χ2v) is 7.24. The Morgan fingerprint density at radius 3 is 2.63 bits per heavy atom. The van der Waals surface area contributed by atoms with E-state index in [1.807, 2.05) is 11.3 Å². The molecule has 0 saturated heterocycles. The molecule has 0 spiro atoms. The number of thioether (sulfide) groups is 1. The average Bonchev–Trinajstić information content (AvgIpc) is 3.06. The zero-order chi connectivity index (χ0) is 19.6. The van der Waals surface area contributed by atoms with Crippen molar-refractivity contribution < 1.29 is 14.3 Å². The van der Waals surface area contributed by atoms with Crippen LogP contribution in [0.5, 0.6) is 0 Å². The summed E-state index contributed by atoms with van der Waals surface area (Å²) in [6.07, 6.45) is 0. The summed E-state index contributed by atoms with van der Waals surface area (Å²) in [5.74, 6) is -0.563. The Morgan fingerprint density at radius 1 is 1.15 bits per heavy atom. The van der Waals surface area contributed by atoms with Crippen molar-refractivity contribution in [3.05, 3.63) is 34.9 Å². The second-order valence-electron chi connectivity index (χ2n) is 6.30. The molecule has 1 N–H and O–H groups in total. The smallest absolute Gasteiger partial charge is 0.325 e. The van der Waals surface area contributed by atoms with Gasteiger partial charge in [-0.05, 0) is 50.5 Å². The molecule has 0 aliphatic carbocycles. The highest BCUT2D eigenvalue weighted by Gasteiger charge is 2.16. The lowest BCUT2D eigenvalue weighted by molar-refractivity contribution is -0.143. The van der Waals surface area contributed by atoms with Gasteiger partial charge in [0.05, 0.1) is 17.9 Å². The molecule has 0 fully saturated rings. The molecule has 1 amide bonds. The minimum atomic E-state index is -0.448. The van der Waals surface area contributed by atoms with E-state index in [4.69, 9.17) is 4.74 Å². The first-order valence-corrected chi connectivity index (χ1v) is 9.70. The Labute approximate surface area is 161 Å². The fourth-order valence-corrected chi connectivity index (χ4v) is 3.73. The first kappa shape index (κ1) is 19.2. The van der Waals surface area contributed by atoms with E-state index in [1.54, 1.807) is 6.92 Å². The fraction of sp³-hybridized carbons (Fsp3) is 0.368. The summed E-state index contributed by atoms with van der Waals surface area (Å²) in [5, 5.41) is 12.9. The lowest BCUT2D eigenvalue weighted by Gasteiger charge is -2.11. The van der Waals surface area contributed by atoms with E-state index in [9.17, 15) is 9.59 Å². The average molecular weight is 386 g/mol. The van der Waals surface area contributed by atoms with Crippen LogP contribution in [0.15, 0.2) is 23.4 Å². The highest BCUT2D eigenvalue weighted by atomic mass is 32.2. The molecule has 1 aromatic carbocycles. The highest BCUT2D eigenvalue weighted by Crippen LogP contribution is 2.29. The molecule has 3 aromatic rings. The number of rotatable bonds is 6. The van der Waals surface area contributed by atoms with Gasteiger partial charge in [0.1, 0.15) is 6.54 Å². The maximum Gasteiger partial charge on any atom is 0.325 e. The van der Waals surface area contributed by atoms with Crippen molar-refractivity contribution in [2.45, 2.75) is 32.9 Å². The number of fused-ring (bicyclic) bond motifs is 3. The van der Waals surface area contributed by atoms with Crippen LogP contribution in [0.3, 0.4) is 0 Å². The SMILES string of the molecule is CCOC(=O)CNC(=O)CSc1nnc2c(C)cc3c(C)ccc(C)c3n12. The third-order valence-electron chi connectivity index (χ3n) is 4.27. The maximum absolute atomic E-state index is 12.0. The Morgan fingerprint density at radius 2 is 1.89 bits per heavy atom. The van der Waals surface area contributed by atoms with Crippen LogP contribution < -0.4 is 5.32 Å². The van der Waals surface area contributed by atoms with E-state index in [0.29, 0.717) is 11.8 Å². The van der Waals surface area contributed by atoms with Gasteiger partial charge in [-0.2, -0.15) is 0 Å². The first-order chi connectivity index (χ1) is 12.9. The number of aryl methyl sites for hydroxylation is 3. The van der Waals surface area contributed by atoms with E-state index in [-0.39, 0.29) is 18.2 Å². The molecule has 0 aliphatic rings. The number of carbonyl (C=O) groups is 2. The highest BCUT2D eigenvalue weighted by molar-refractivity contribution is 7.99. The molecule has 2 aromatic heterocycles. The van der Waals surface area contributed by atoms with Crippen LogP contribution in [0, 0.1) is 20.8 Å². The number of hydrogen-bond donors (Lipinski definition) is 1. The number of hydrogen-bond acceptors (Lipinski definition) is 6. The molecule has 3 rings (SSSR count). The number of nitrogens with zero attached hydrogens (tertiary/aromatic N) is 3. The van der Waals surface area contributed by atoms with Crippen molar-refractivity contribution >= 4 is 40.2 Å². The van der Waals surface area contributed by atoms with Gasteiger partial charge in [0.25, 0.3) is 0 Å². The predicted octanol–water partition coefficient (Wildman–Crippen LogP) is 2.58. The van der Waals surface area contributed by atoms with Gasteiger partial charge in [-0.25, -0.2) is 0 Å². The number of carbonyl (C=O) groups excluding carboxylic acids is 2. The van der Waals surface area contributed by atoms with E-state index >= 15 is 0 Å². The van der Waals surface area contributed by atoms with Crippen molar-refractivity contribution in [3.8, 4) is 0 Å². The number of benzene rings is 1. The van der Waals surface area contributed by atoms with Gasteiger partial charge >= 0.3 is 5.97 Å². The van der Waals surface area contributed by atoms with Crippen molar-refractivity contribution in [3.63, 3.8) is 0 Å². The summed E-state index contributed by atoms with van der Waals surface area (Å²) < 4.78 is 6.81. The minimum absolute atomic E-state index is 0.131. The monoisotopic (exact) mass is 386 g/mol. The molecule has 142 valence electrons. The molecule has 2 heterocycles. The quantitative estimate of drug-likeness (QED) is 0.518. The maximum atomic E-state index is 12.0. The summed E-state index contributed by atoms with van der Waals surface area (Å²) in [6.45, 7) is 8.02. The summed E-state index contributed by atoms with van der Waals surface area (Å²) >= 11 is 1.29. The summed E-state index contributed by atoms with van der Waals surface area (Å²) in [4.78, 5) is 23.4. The summed E-state index contributed by atoms with van der Waals surface area (Å²) in [5.41, 5.74) is 5.16. The number of ether oxygens (including phenoxy) is 1. The van der Waals surface area contributed by atoms with Gasteiger partial charge in [0, 0.05) is 5.39 Å². The topological polar surface area (TPSA) is 85.6 Å². The third kappa shape index (κ3) is 3.90. The Hall–Kier alpha value is -2.61. The van der Waals surface area contributed by atoms with E-state index in [1.165, 1.54) is 17.3 Å². The molecule has 0 atom stereocenters. The van der Waals surface area contributed by atoms with Crippen molar-refractivity contribution in [1.29, 1.82) is 0 Å². The second kappa shape index (κ2) is 7.96. The van der Waals surface area contributed by atoms with Gasteiger partial charge in [0.2, 0.25) is 5.91 Å². The molecular weight excluding hydrogens is 364 g/mol. The van der Waals surface area contributed by atoms with Gasteiger partial charge in [-0.15, -0.1) is 10.2 Å². The third-order valence-corrected chi connectivity index (χ3v) is 5.20. The van der Waals surface area contributed by atoms with Gasteiger partial charge in [0.15, 0.2) is 10.8 Å². The molecule has 0 radical (unpaired) electrons. The van der Waals surface area contributed by atoms with Crippen LogP contribution in [0.4, 0.5) is 0 Å². The first-order valence-electron chi connectivity index (χ1n) is 8.72. The van der Waals surface area contributed by atoms with Gasteiger partial charge in [-0.3, -0.25) is 14.0 Å². The number of aromatic nitrogens is 3. The van der Waals surface area contributed by atoms with Crippen molar-refractivity contribution in [2.75, 3.05) is 18.9 Å². The van der Waals surface area contributed by atoms with Gasteiger partial charge in [-0.1, -0.05) is 23.9 Å². The molecule has 0 saturated carbocycles. The molecule has 8 heteroatoms. The fourth-order valence-electron chi connectivity index (χ4n) is 2.96. The molecule has 7 nitrogen and oxygen atoms in total. The number of amides is 1. The lowest BCUT2D eigenvalue weighted by atomic mass is 10.0. The number of nitrogens with one attached hydrogen (secondary N) is 1. The zero-order valence-electron chi connectivity index (χ0n) is 15.8. The number of pyridine rings is 1. The summed E-state index contributed by atoms with van der Waals surface area (Å²) in [7, 11) is 0. The molecule has 0 bridgehead atoms. The Kier molecular flexibility index (Phi) is 5.65. The van der Waals surface area contributed by atoms with Crippen LogP contribution in [0.1, 0.15) is 23.6 Å². The number of esters is 1. The molecule has 0 unspecified atom stereocenters. The van der Waals surface area contributed by atoms with E-state index < -0.39 is 5.97 Å². The van der Waals surface area contributed by atoms with Crippen LogP contribution >= 0.6 is 11.8 Å². The molecule has 27 heavy (non-hydrogen) atoms. The Balaban J connectivity index is 1.87. The lowest BCUT2D eigenvalue weighted by Crippen LogP contribution is -2.31. The van der Waals surface area contributed by atoms with Crippen molar-refractivity contribution in [2.24, 2.45) is 0 Å². The normalized spacial score (nSPS) is 11.1. The van der Waals surface area contributed by atoms with Crippen LogP contribution in [-0.2, 0) is 14.3 Å². The van der Waals surface area contributed by atoms with Crippen molar-refractivity contribution in [1.82, 2.24) is 19.9 Å². The van der Waals surface area contributed by atoms with Gasteiger partial charge < -0.3 is 10.1 Å². The Bertz CT molecular complexity index is 1030. The van der Waals surface area contributed by atoms with Crippen LogP contribution in [-0.4, -0.2) is 45.4 Å². The zero-order valence-corrected chi connectivity index (χ0v) is 16.6. The standard InChI is InChI=1S/C19H22N4O3S/c1-5-26-16(25)9-20-15(24)10-27-19-22-21-18-13(4)8-14-11(2)6-7-12(3)17(14)23(18)19/h6-8H,5,9-10H2,1-4H3,(H,20,24). The summed E-state index contributed by atoms with van der Waals surface area (Å²) in [6, 6.07) is 6.30. The predicted molar refractivity (Wildman–Crippen MR) is 105 cm³/mol.